The summed E-state index contributed by atoms with van der Waals surface area (Å²) in [4.78, 5) is 11.5. The molecule has 1 aromatic rings. The molecule has 0 amide bonds. The summed E-state index contributed by atoms with van der Waals surface area (Å²) in [5.41, 5.74) is 0.706. The van der Waals surface area contributed by atoms with Crippen molar-refractivity contribution < 1.29 is 19.6 Å². The fourth-order valence-electron chi connectivity index (χ4n) is 1.62. The second-order valence-electron chi connectivity index (χ2n) is 3.28. The third-order valence-electron chi connectivity index (χ3n) is 2.27. The third-order valence-corrected chi connectivity index (χ3v) is 2.27. The molecule has 0 aliphatic heterocycles. The summed E-state index contributed by atoms with van der Waals surface area (Å²) in [6.45, 7) is 3.74. The van der Waals surface area contributed by atoms with Gasteiger partial charge in [-0.05, 0) is 13.3 Å². The summed E-state index contributed by atoms with van der Waals surface area (Å²) in [5.74, 6) is -0.638. The minimum atomic E-state index is -1.72. The molecule has 1 aromatic heterocycles. The average Bonchev–Trinajstić information content (AvgIpc) is 2.55. The van der Waals surface area contributed by atoms with Crippen LogP contribution in [0.2, 0.25) is 0 Å². The Morgan fingerprint density at radius 3 is 2.56 bits per heavy atom. The van der Waals surface area contributed by atoms with Crippen molar-refractivity contribution in [1.82, 2.24) is 9.78 Å². The molecule has 0 fully saturated rings. The molecule has 16 heavy (non-hydrogen) atoms. The van der Waals surface area contributed by atoms with E-state index >= 15 is 0 Å². The quantitative estimate of drug-likeness (QED) is 0.499. The van der Waals surface area contributed by atoms with E-state index in [1.54, 1.807) is 14.0 Å². The Morgan fingerprint density at radius 1 is 1.50 bits per heavy atom. The minimum Gasteiger partial charge on any atom is -0.461 e. The van der Waals surface area contributed by atoms with Gasteiger partial charge in [-0.15, -0.1) is 0 Å². The maximum atomic E-state index is 11.5. The fourth-order valence-corrected chi connectivity index (χ4v) is 1.62. The number of aryl methyl sites for hydroxylation is 1. The summed E-state index contributed by atoms with van der Waals surface area (Å²) in [7, 11) is -0.0731. The first-order chi connectivity index (χ1) is 7.52. The Labute approximate surface area is 94.0 Å². The van der Waals surface area contributed by atoms with E-state index in [9.17, 15) is 14.8 Å². The first kappa shape index (κ1) is 12.7. The second-order valence-corrected chi connectivity index (χ2v) is 3.28. The summed E-state index contributed by atoms with van der Waals surface area (Å²) in [6, 6.07) is 0. The molecule has 1 heterocycles. The Balaban J connectivity index is 3.23. The average molecular weight is 226 g/mol. The van der Waals surface area contributed by atoms with Crippen molar-refractivity contribution in [3.63, 3.8) is 0 Å². The Morgan fingerprint density at radius 2 is 2.12 bits per heavy atom. The number of rotatable bonds is 4. The van der Waals surface area contributed by atoms with Crippen LogP contribution in [0.25, 0.3) is 0 Å². The largest absolute Gasteiger partial charge is 0.492 e. The molecule has 0 atom stereocenters. The minimum absolute atomic E-state index is 0.0313. The lowest BCUT2D eigenvalue weighted by molar-refractivity contribution is 0.0519. The monoisotopic (exact) mass is 226 g/mol. The van der Waals surface area contributed by atoms with Gasteiger partial charge in [0.2, 0.25) is 0 Å². The van der Waals surface area contributed by atoms with Crippen molar-refractivity contribution in [2.24, 2.45) is 7.05 Å². The van der Waals surface area contributed by atoms with Gasteiger partial charge in [0, 0.05) is 18.2 Å². The molecular formula is C9H15BN2O4. The Kier molecular flexibility index (Phi) is 4.08. The number of hydrogen-bond donors (Lipinski definition) is 2. The molecule has 7 heteroatoms. The van der Waals surface area contributed by atoms with Gasteiger partial charge in [-0.2, -0.15) is 5.10 Å². The van der Waals surface area contributed by atoms with Crippen LogP contribution in [0, 0.1) is 0 Å². The molecule has 1 rings (SSSR count). The van der Waals surface area contributed by atoms with Crippen LogP contribution in [0.1, 0.15) is 30.0 Å². The van der Waals surface area contributed by atoms with Crippen LogP contribution in [0.3, 0.4) is 0 Å². The molecule has 0 bridgehead atoms. The van der Waals surface area contributed by atoms with Crippen molar-refractivity contribution in [3.05, 3.63) is 11.4 Å². The lowest BCUT2D eigenvalue weighted by Gasteiger charge is -2.03. The smallest absolute Gasteiger partial charge is 0.461 e. The normalized spacial score (nSPS) is 10.3. The van der Waals surface area contributed by atoms with E-state index in [4.69, 9.17) is 4.74 Å². The summed E-state index contributed by atoms with van der Waals surface area (Å²) >= 11 is 0. The molecule has 0 aliphatic carbocycles. The van der Waals surface area contributed by atoms with Crippen molar-refractivity contribution in [2.75, 3.05) is 6.61 Å². The number of esters is 1. The van der Waals surface area contributed by atoms with Crippen LogP contribution in [0.5, 0.6) is 0 Å². The summed E-state index contributed by atoms with van der Waals surface area (Å²) in [5, 5.41) is 22.4. The van der Waals surface area contributed by atoms with Gasteiger partial charge in [0.25, 0.3) is 0 Å². The Bertz CT molecular complexity index is 389. The van der Waals surface area contributed by atoms with Gasteiger partial charge in [0.05, 0.1) is 6.61 Å². The first-order valence-electron chi connectivity index (χ1n) is 5.11. The lowest BCUT2D eigenvalue weighted by Crippen LogP contribution is -2.36. The van der Waals surface area contributed by atoms with E-state index in [1.807, 2.05) is 6.92 Å². The van der Waals surface area contributed by atoms with E-state index in [-0.39, 0.29) is 17.8 Å². The number of aromatic nitrogens is 2. The van der Waals surface area contributed by atoms with E-state index in [1.165, 1.54) is 4.68 Å². The topological polar surface area (TPSA) is 84.6 Å². The summed E-state index contributed by atoms with van der Waals surface area (Å²) < 4.78 is 6.25. The highest BCUT2D eigenvalue weighted by Gasteiger charge is 2.29. The van der Waals surface area contributed by atoms with E-state index in [0.29, 0.717) is 12.1 Å². The zero-order valence-electron chi connectivity index (χ0n) is 9.60. The van der Waals surface area contributed by atoms with Crippen molar-refractivity contribution in [2.45, 2.75) is 20.3 Å². The molecule has 0 saturated carbocycles. The van der Waals surface area contributed by atoms with Crippen LogP contribution in [0.15, 0.2) is 0 Å². The van der Waals surface area contributed by atoms with Gasteiger partial charge < -0.3 is 14.8 Å². The second kappa shape index (κ2) is 5.13. The number of nitrogens with zero attached hydrogens (tertiary/aromatic N) is 2. The fraction of sp³-hybridized carbons (Fsp3) is 0.556. The van der Waals surface area contributed by atoms with Gasteiger partial charge in [-0.1, -0.05) is 6.92 Å². The summed E-state index contributed by atoms with van der Waals surface area (Å²) in [6.07, 6.45) is 0.551. The van der Waals surface area contributed by atoms with Gasteiger partial charge in [0.15, 0.2) is 5.69 Å². The molecule has 6 nitrogen and oxygen atoms in total. The lowest BCUT2D eigenvalue weighted by atomic mass is 9.77. The number of carbonyl (C=O) groups is 1. The van der Waals surface area contributed by atoms with E-state index in [0.717, 1.165) is 0 Å². The molecule has 0 unspecified atom stereocenters. The molecule has 0 spiro atoms. The zero-order chi connectivity index (χ0) is 12.3. The predicted octanol–water partition coefficient (Wildman–Crippen LogP) is -1.16. The van der Waals surface area contributed by atoms with Crippen LogP contribution in [-0.2, 0) is 18.2 Å². The van der Waals surface area contributed by atoms with Gasteiger partial charge in [-0.3, -0.25) is 4.68 Å². The predicted molar refractivity (Wildman–Crippen MR) is 58.4 cm³/mol. The highest BCUT2D eigenvalue weighted by Crippen LogP contribution is 2.04. The molecule has 2 N–H and O–H groups in total. The van der Waals surface area contributed by atoms with Gasteiger partial charge in [0.1, 0.15) is 0 Å². The van der Waals surface area contributed by atoms with Crippen LogP contribution in [0.4, 0.5) is 0 Å². The van der Waals surface area contributed by atoms with Crippen LogP contribution in [-0.4, -0.2) is 39.5 Å². The van der Waals surface area contributed by atoms with E-state index in [2.05, 4.69) is 5.10 Å². The molecular weight excluding hydrogens is 211 g/mol. The SMILES string of the molecule is CCOC(=O)c1nn(C)c(CC)c1B(O)O. The maximum absolute atomic E-state index is 11.5. The van der Waals surface area contributed by atoms with E-state index < -0.39 is 13.1 Å². The van der Waals surface area contributed by atoms with Crippen LogP contribution >= 0.6 is 0 Å². The standard InChI is InChI=1S/C9H15BN2O4/c1-4-6-7(10(14)15)8(11-12(6)3)9(13)16-5-2/h14-15H,4-5H2,1-3H3. The maximum Gasteiger partial charge on any atom is 0.492 e. The molecule has 0 radical (unpaired) electrons. The number of hydrogen-bond acceptors (Lipinski definition) is 5. The molecule has 0 aromatic carbocycles. The number of ether oxygens (including phenoxy) is 1. The zero-order valence-corrected chi connectivity index (χ0v) is 9.60. The first-order valence-corrected chi connectivity index (χ1v) is 5.11. The number of carbonyl (C=O) groups excluding carboxylic acids is 1. The highest BCUT2D eigenvalue weighted by molar-refractivity contribution is 6.60. The Hall–Kier alpha value is -1.34. The van der Waals surface area contributed by atoms with Crippen molar-refractivity contribution >= 4 is 18.6 Å². The molecule has 0 aliphatic rings. The van der Waals surface area contributed by atoms with Crippen molar-refractivity contribution in [3.8, 4) is 0 Å². The van der Waals surface area contributed by atoms with Crippen LogP contribution < -0.4 is 5.46 Å². The van der Waals surface area contributed by atoms with Crippen molar-refractivity contribution in [1.29, 1.82) is 0 Å². The molecule has 0 saturated heterocycles. The third kappa shape index (κ3) is 2.25. The van der Waals surface area contributed by atoms with Gasteiger partial charge >= 0.3 is 13.1 Å². The van der Waals surface area contributed by atoms with Gasteiger partial charge in [-0.25, -0.2) is 4.79 Å². The molecule has 88 valence electrons. The highest BCUT2D eigenvalue weighted by atomic mass is 16.5.